The van der Waals surface area contributed by atoms with Gasteiger partial charge in [-0.3, -0.25) is 14.7 Å². The molecule has 0 spiro atoms. The van der Waals surface area contributed by atoms with Gasteiger partial charge < -0.3 is 20.9 Å². The molecule has 1 saturated heterocycles. The number of nitrogen functional groups attached to an aromatic ring is 1. The SMILES string of the molecule is CC/C=C\C(=O)N(C)C(C)/N=C(/c1cccnc1N)N(/C=N/CC)C(C)N1CCNCC1. The number of carbonyl (C=O) groups is 1. The third-order valence-corrected chi connectivity index (χ3v) is 5.51. The van der Waals surface area contributed by atoms with E-state index in [0.29, 0.717) is 23.8 Å². The molecule has 0 bridgehead atoms. The first-order chi connectivity index (χ1) is 15.4. The lowest BCUT2D eigenvalue weighted by molar-refractivity contribution is -0.126. The fraction of sp³-hybridized carbons (Fsp3) is 0.565. The van der Waals surface area contributed by atoms with E-state index in [2.05, 4.69) is 27.1 Å². The number of nitrogens with two attached hydrogens (primary N) is 1. The van der Waals surface area contributed by atoms with Crippen LogP contribution in [0.3, 0.4) is 0 Å². The van der Waals surface area contributed by atoms with E-state index in [-0.39, 0.29) is 12.1 Å². The third kappa shape index (κ3) is 6.86. The normalized spacial score (nSPS) is 17.6. The van der Waals surface area contributed by atoms with Crippen molar-refractivity contribution in [1.29, 1.82) is 0 Å². The number of hydrogen-bond acceptors (Lipinski definition) is 7. The van der Waals surface area contributed by atoms with Crippen molar-refractivity contribution < 1.29 is 4.79 Å². The standard InChI is InChI=1S/C23H38N8O/c1-6-8-11-21(32)29(5)18(3)28-23(20-10-9-12-27-22(20)24)31(17-25-7-2)19(4)30-15-13-26-14-16-30/h8-12,17-19,26H,6-7,13-16H2,1-5H3,(H2,24,27)/b11-8-,25-17+,28-23-. The number of amides is 1. The first kappa shape index (κ1) is 25.5. The van der Waals surface area contributed by atoms with Crippen molar-refractivity contribution in [3.63, 3.8) is 0 Å². The second-order valence-corrected chi connectivity index (χ2v) is 7.72. The molecular weight excluding hydrogens is 404 g/mol. The number of aromatic nitrogens is 1. The van der Waals surface area contributed by atoms with Crippen LogP contribution in [0.4, 0.5) is 5.82 Å². The lowest BCUT2D eigenvalue weighted by atomic mass is 10.2. The fourth-order valence-corrected chi connectivity index (χ4v) is 3.40. The largest absolute Gasteiger partial charge is 0.383 e. The Morgan fingerprint density at radius 1 is 1.34 bits per heavy atom. The van der Waals surface area contributed by atoms with E-state index >= 15 is 0 Å². The Morgan fingerprint density at radius 2 is 2.06 bits per heavy atom. The number of nitrogens with zero attached hydrogens (tertiary/aromatic N) is 6. The van der Waals surface area contributed by atoms with Crippen molar-refractivity contribution in [1.82, 2.24) is 25.0 Å². The Morgan fingerprint density at radius 3 is 2.69 bits per heavy atom. The fourth-order valence-electron chi connectivity index (χ4n) is 3.40. The zero-order valence-corrected chi connectivity index (χ0v) is 20.0. The number of anilines is 1. The second-order valence-electron chi connectivity index (χ2n) is 7.72. The Balaban J connectivity index is 2.50. The lowest BCUT2D eigenvalue weighted by Crippen LogP contribution is -2.55. The molecule has 1 amide bonds. The molecule has 0 aliphatic carbocycles. The van der Waals surface area contributed by atoms with Crippen molar-refractivity contribution in [2.75, 3.05) is 45.5 Å². The van der Waals surface area contributed by atoms with Crippen molar-refractivity contribution in [2.45, 2.75) is 46.4 Å². The average molecular weight is 443 g/mol. The van der Waals surface area contributed by atoms with Crippen molar-refractivity contribution in [2.24, 2.45) is 9.98 Å². The molecule has 9 heteroatoms. The number of hydrogen-bond donors (Lipinski definition) is 2. The maximum atomic E-state index is 12.5. The van der Waals surface area contributed by atoms with Gasteiger partial charge in [-0.15, -0.1) is 0 Å². The van der Waals surface area contributed by atoms with Gasteiger partial charge in [0.05, 0.1) is 18.1 Å². The molecule has 1 aromatic rings. The first-order valence-electron chi connectivity index (χ1n) is 11.4. The van der Waals surface area contributed by atoms with Crippen molar-refractivity contribution in [3.05, 3.63) is 36.0 Å². The molecule has 2 heterocycles. The van der Waals surface area contributed by atoms with Crippen molar-refractivity contribution >= 4 is 23.9 Å². The Hall–Kier alpha value is -2.78. The summed E-state index contributed by atoms with van der Waals surface area (Å²) in [6, 6.07) is 3.75. The molecule has 0 aromatic carbocycles. The van der Waals surface area contributed by atoms with E-state index in [1.807, 2.05) is 50.2 Å². The van der Waals surface area contributed by atoms with Crippen LogP contribution in [-0.4, -0.2) is 89.9 Å². The second kappa shape index (κ2) is 12.9. The molecule has 2 unspecified atom stereocenters. The van der Waals surface area contributed by atoms with Crippen LogP contribution in [-0.2, 0) is 4.79 Å². The number of likely N-dealkylation sites (N-methyl/N-ethyl adjacent to an activating group) is 1. The first-order valence-corrected chi connectivity index (χ1v) is 11.4. The van der Waals surface area contributed by atoms with Gasteiger partial charge in [0.1, 0.15) is 17.8 Å². The summed E-state index contributed by atoms with van der Waals surface area (Å²) in [5.41, 5.74) is 6.98. The quantitative estimate of drug-likeness (QED) is 0.343. The molecule has 2 atom stereocenters. The van der Waals surface area contributed by atoms with Crippen LogP contribution in [0.5, 0.6) is 0 Å². The summed E-state index contributed by atoms with van der Waals surface area (Å²) in [6.45, 7) is 12.4. The van der Waals surface area contributed by atoms with Crippen LogP contribution in [0.2, 0.25) is 0 Å². The van der Waals surface area contributed by atoms with Crippen LogP contribution in [0, 0.1) is 0 Å². The zero-order valence-electron chi connectivity index (χ0n) is 20.0. The highest BCUT2D eigenvalue weighted by atomic mass is 16.2. The maximum Gasteiger partial charge on any atom is 0.247 e. The minimum Gasteiger partial charge on any atom is -0.383 e. The van der Waals surface area contributed by atoms with E-state index in [1.54, 1.807) is 24.2 Å². The molecule has 3 N–H and O–H groups in total. The van der Waals surface area contributed by atoms with Crippen molar-refractivity contribution in [3.8, 4) is 0 Å². The van der Waals surface area contributed by atoms with E-state index in [1.165, 1.54) is 0 Å². The Kier molecular flexibility index (Phi) is 10.3. The number of amidine groups is 1. The summed E-state index contributed by atoms with van der Waals surface area (Å²) >= 11 is 0. The predicted molar refractivity (Wildman–Crippen MR) is 132 cm³/mol. The molecule has 1 aliphatic heterocycles. The molecule has 0 saturated carbocycles. The van der Waals surface area contributed by atoms with E-state index in [9.17, 15) is 4.79 Å². The molecule has 1 aromatic heterocycles. The van der Waals surface area contributed by atoms with Crippen LogP contribution in [0.25, 0.3) is 0 Å². The number of nitrogens with one attached hydrogen (secondary N) is 1. The summed E-state index contributed by atoms with van der Waals surface area (Å²) in [4.78, 5) is 32.3. The van der Waals surface area contributed by atoms with Gasteiger partial charge in [0, 0.05) is 46.0 Å². The highest BCUT2D eigenvalue weighted by Gasteiger charge is 2.27. The van der Waals surface area contributed by atoms with Gasteiger partial charge >= 0.3 is 0 Å². The van der Waals surface area contributed by atoms with Gasteiger partial charge in [-0.05, 0) is 45.4 Å². The number of allylic oxidation sites excluding steroid dienone is 1. The van der Waals surface area contributed by atoms with E-state index < -0.39 is 6.17 Å². The average Bonchev–Trinajstić information content (AvgIpc) is 2.82. The number of rotatable bonds is 9. The molecule has 2 rings (SSSR count). The number of aliphatic imine (C=N–C) groups is 2. The van der Waals surface area contributed by atoms with Gasteiger partial charge in [-0.1, -0.05) is 13.0 Å². The molecule has 176 valence electrons. The smallest absolute Gasteiger partial charge is 0.247 e. The summed E-state index contributed by atoms with van der Waals surface area (Å²) in [5.74, 6) is 0.941. The van der Waals surface area contributed by atoms with Gasteiger partial charge in [0.15, 0.2) is 0 Å². The number of pyridine rings is 1. The third-order valence-electron chi connectivity index (χ3n) is 5.51. The number of piperazine rings is 1. The molecule has 32 heavy (non-hydrogen) atoms. The van der Waals surface area contributed by atoms with E-state index in [0.717, 1.165) is 32.6 Å². The molecule has 9 nitrogen and oxygen atoms in total. The van der Waals surface area contributed by atoms with Crippen LogP contribution >= 0.6 is 0 Å². The minimum atomic E-state index is -0.411. The van der Waals surface area contributed by atoms with Gasteiger partial charge in [-0.25, -0.2) is 9.98 Å². The van der Waals surface area contributed by atoms with Crippen LogP contribution in [0.15, 0.2) is 40.5 Å². The zero-order chi connectivity index (χ0) is 23.5. The number of carbonyl (C=O) groups excluding carboxylic acids is 1. The van der Waals surface area contributed by atoms with Crippen LogP contribution < -0.4 is 11.1 Å². The molecule has 1 fully saturated rings. The predicted octanol–water partition coefficient (Wildman–Crippen LogP) is 1.78. The Bertz CT molecular complexity index is 816. The van der Waals surface area contributed by atoms with Gasteiger partial charge in [0.25, 0.3) is 0 Å². The van der Waals surface area contributed by atoms with Crippen LogP contribution in [0.1, 0.15) is 39.7 Å². The Labute approximate surface area is 192 Å². The molecule has 1 aliphatic rings. The summed E-state index contributed by atoms with van der Waals surface area (Å²) < 4.78 is 0. The monoisotopic (exact) mass is 442 g/mol. The summed E-state index contributed by atoms with van der Waals surface area (Å²) in [6.07, 6.45) is 7.31. The van der Waals surface area contributed by atoms with E-state index in [4.69, 9.17) is 10.7 Å². The summed E-state index contributed by atoms with van der Waals surface area (Å²) in [5, 5.41) is 3.39. The summed E-state index contributed by atoms with van der Waals surface area (Å²) in [7, 11) is 1.75. The maximum absolute atomic E-state index is 12.5. The highest BCUT2D eigenvalue weighted by molar-refractivity contribution is 6.07. The van der Waals surface area contributed by atoms with Gasteiger partial charge in [-0.2, -0.15) is 0 Å². The minimum absolute atomic E-state index is 0.000971. The topological polar surface area (TPSA) is 102 Å². The van der Waals surface area contributed by atoms with Gasteiger partial charge in [0.2, 0.25) is 5.91 Å². The molecular formula is C23H38N8O. The molecule has 0 radical (unpaired) electrons. The highest BCUT2D eigenvalue weighted by Crippen LogP contribution is 2.18. The lowest BCUT2D eigenvalue weighted by Gasteiger charge is -2.39.